The molecule has 0 heterocycles. The van der Waals surface area contributed by atoms with Crippen molar-refractivity contribution in [2.24, 2.45) is 0 Å². The first-order chi connectivity index (χ1) is 9.19. The summed E-state index contributed by atoms with van der Waals surface area (Å²) in [5, 5.41) is 2.44. The van der Waals surface area contributed by atoms with E-state index in [1.807, 2.05) is 0 Å². The first-order valence-electron chi connectivity index (χ1n) is 5.93. The normalized spacial score (nSPS) is 11.1. The van der Waals surface area contributed by atoms with E-state index in [2.05, 4.69) is 21.2 Å². The molecule has 0 aromatic heterocycles. The standard InChI is InChI=1S/C13H16BrF2NO3/c1-13(2,3)20-12(18)17-4-5-19-10-7-8(14)6-9(15)11(10)16/h6-7H,4-5H2,1-3H3,(H,17,18). The largest absolute Gasteiger partial charge is 0.489 e. The van der Waals surface area contributed by atoms with Gasteiger partial charge in [-0.05, 0) is 32.9 Å². The van der Waals surface area contributed by atoms with Crippen LogP contribution in [0.25, 0.3) is 0 Å². The number of ether oxygens (including phenoxy) is 2. The van der Waals surface area contributed by atoms with Crippen molar-refractivity contribution >= 4 is 22.0 Å². The number of rotatable bonds is 4. The average Bonchev–Trinajstić information content (AvgIpc) is 2.28. The molecule has 112 valence electrons. The van der Waals surface area contributed by atoms with E-state index in [1.165, 1.54) is 6.07 Å². The predicted octanol–water partition coefficient (Wildman–Crippen LogP) is 3.63. The third kappa shape index (κ3) is 5.73. The van der Waals surface area contributed by atoms with Gasteiger partial charge >= 0.3 is 6.09 Å². The highest BCUT2D eigenvalue weighted by atomic mass is 79.9. The number of carbonyl (C=O) groups excluding carboxylic acids is 1. The number of hydrogen-bond acceptors (Lipinski definition) is 3. The Labute approximate surface area is 124 Å². The molecular weight excluding hydrogens is 336 g/mol. The third-order valence-electron chi connectivity index (χ3n) is 1.99. The molecule has 0 aliphatic carbocycles. The van der Waals surface area contributed by atoms with Gasteiger partial charge in [-0.15, -0.1) is 0 Å². The fourth-order valence-corrected chi connectivity index (χ4v) is 1.67. The van der Waals surface area contributed by atoms with Crippen LogP contribution >= 0.6 is 15.9 Å². The zero-order valence-corrected chi connectivity index (χ0v) is 13.0. The monoisotopic (exact) mass is 351 g/mol. The van der Waals surface area contributed by atoms with Crippen LogP contribution in [0.15, 0.2) is 16.6 Å². The fourth-order valence-electron chi connectivity index (χ4n) is 1.27. The number of nitrogens with one attached hydrogen (secondary N) is 1. The van der Waals surface area contributed by atoms with Gasteiger partial charge in [0.1, 0.15) is 12.2 Å². The summed E-state index contributed by atoms with van der Waals surface area (Å²) in [4.78, 5) is 11.3. The first kappa shape index (κ1) is 16.7. The van der Waals surface area contributed by atoms with Crippen LogP contribution in [0, 0.1) is 11.6 Å². The maximum Gasteiger partial charge on any atom is 0.407 e. The third-order valence-corrected chi connectivity index (χ3v) is 2.45. The van der Waals surface area contributed by atoms with Crippen molar-refractivity contribution in [3.05, 3.63) is 28.2 Å². The minimum atomic E-state index is -1.06. The summed E-state index contributed by atoms with van der Waals surface area (Å²) in [6, 6.07) is 2.31. The Hall–Kier alpha value is -1.37. The lowest BCUT2D eigenvalue weighted by Crippen LogP contribution is -2.34. The molecule has 0 saturated heterocycles. The van der Waals surface area contributed by atoms with Gasteiger partial charge in [-0.25, -0.2) is 9.18 Å². The van der Waals surface area contributed by atoms with Crippen molar-refractivity contribution in [1.82, 2.24) is 5.32 Å². The molecule has 7 heteroatoms. The second kappa shape index (κ2) is 6.88. The smallest absolute Gasteiger partial charge is 0.407 e. The van der Waals surface area contributed by atoms with Crippen molar-refractivity contribution in [2.45, 2.75) is 26.4 Å². The predicted molar refractivity (Wildman–Crippen MR) is 73.8 cm³/mol. The lowest BCUT2D eigenvalue weighted by atomic mass is 10.2. The Morgan fingerprint density at radius 1 is 1.35 bits per heavy atom. The zero-order chi connectivity index (χ0) is 15.3. The van der Waals surface area contributed by atoms with Crippen LogP contribution in [0.4, 0.5) is 13.6 Å². The summed E-state index contributed by atoms with van der Waals surface area (Å²) in [5.74, 6) is -2.29. The van der Waals surface area contributed by atoms with Crippen LogP contribution in [-0.2, 0) is 4.74 Å². The molecular formula is C13H16BrF2NO3. The quantitative estimate of drug-likeness (QED) is 0.665. The van der Waals surface area contributed by atoms with Crippen molar-refractivity contribution in [3.63, 3.8) is 0 Å². The van der Waals surface area contributed by atoms with E-state index in [4.69, 9.17) is 9.47 Å². The number of amides is 1. The van der Waals surface area contributed by atoms with E-state index in [9.17, 15) is 13.6 Å². The van der Waals surface area contributed by atoms with E-state index < -0.39 is 23.3 Å². The van der Waals surface area contributed by atoms with Crippen LogP contribution < -0.4 is 10.1 Å². The highest BCUT2D eigenvalue weighted by Gasteiger charge is 2.16. The van der Waals surface area contributed by atoms with Crippen molar-refractivity contribution < 1.29 is 23.0 Å². The molecule has 0 saturated carbocycles. The molecule has 1 N–H and O–H groups in total. The molecule has 0 unspecified atom stereocenters. The topological polar surface area (TPSA) is 47.6 Å². The maximum absolute atomic E-state index is 13.4. The summed E-state index contributed by atoms with van der Waals surface area (Å²) in [6.45, 7) is 5.32. The molecule has 0 spiro atoms. The van der Waals surface area contributed by atoms with Gasteiger partial charge < -0.3 is 14.8 Å². The summed E-state index contributed by atoms with van der Waals surface area (Å²) < 4.78 is 36.9. The summed E-state index contributed by atoms with van der Waals surface area (Å²) in [7, 11) is 0. The summed E-state index contributed by atoms with van der Waals surface area (Å²) >= 11 is 3.04. The molecule has 4 nitrogen and oxygen atoms in total. The molecule has 1 aromatic carbocycles. The molecule has 20 heavy (non-hydrogen) atoms. The van der Waals surface area contributed by atoms with Gasteiger partial charge in [0.15, 0.2) is 11.6 Å². The van der Waals surface area contributed by atoms with E-state index in [-0.39, 0.29) is 18.9 Å². The average molecular weight is 352 g/mol. The second-order valence-corrected chi connectivity index (χ2v) is 5.89. The summed E-state index contributed by atoms with van der Waals surface area (Å²) in [6.07, 6.45) is -0.595. The fraction of sp³-hybridized carbons (Fsp3) is 0.462. The van der Waals surface area contributed by atoms with Crippen LogP contribution in [0.2, 0.25) is 0 Å². The van der Waals surface area contributed by atoms with Gasteiger partial charge in [-0.3, -0.25) is 0 Å². The van der Waals surface area contributed by atoms with Gasteiger partial charge in [-0.2, -0.15) is 4.39 Å². The molecule has 0 bridgehead atoms. The van der Waals surface area contributed by atoms with Gasteiger partial charge in [0.25, 0.3) is 0 Å². The lowest BCUT2D eigenvalue weighted by molar-refractivity contribution is 0.0520. The van der Waals surface area contributed by atoms with E-state index in [1.54, 1.807) is 20.8 Å². The zero-order valence-electron chi connectivity index (χ0n) is 11.4. The molecule has 0 fully saturated rings. The van der Waals surface area contributed by atoms with Crippen molar-refractivity contribution in [2.75, 3.05) is 13.2 Å². The summed E-state index contributed by atoms with van der Waals surface area (Å²) in [5.41, 5.74) is -0.593. The number of benzene rings is 1. The Morgan fingerprint density at radius 2 is 2.00 bits per heavy atom. The number of halogens is 3. The van der Waals surface area contributed by atoms with Crippen LogP contribution in [0.3, 0.4) is 0 Å². The Kier molecular flexibility index (Phi) is 5.74. The van der Waals surface area contributed by atoms with E-state index >= 15 is 0 Å². The van der Waals surface area contributed by atoms with Crippen molar-refractivity contribution in [1.29, 1.82) is 0 Å². The molecule has 0 aliphatic rings. The number of hydrogen-bond donors (Lipinski definition) is 1. The second-order valence-electron chi connectivity index (χ2n) is 4.98. The molecule has 0 atom stereocenters. The molecule has 0 radical (unpaired) electrons. The Morgan fingerprint density at radius 3 is 2.60 bits per heavy atom. The van der Waals surface area contributed by atoms with Crippen LogP contribution in [0.5, 0.6) is 5.75 Å². The minimum Gasteiger partial charge on any atom is -0.489 e. The highest BCUT2D eigenvalue weighted by molar-refractivity contribution is 9.10. The number of carbonyl (C=O) groups is 1. The van der Waals surface area contributed by atoms with Gasteiger partial charge in [0, 0.05) is 4.47 Å². The SMILES string of the molecule is CC(C)(C)OC(=O)NCCOc1cc(Br)cc(F)c1F. The minimum absolute atomic E-state index is 0.00788. The van der Waals surface area contributed by atoms with Crippen LogP contribution in [-0.4, -0.2) is 24.8 Å². The number of alkyl carbamates (subject to hydrolysis) is 1. The maximum atomic E-state index is 13.4. The van der Waals surface area contributed by atoms with Crippen molar-refractivity contribution in [3.8, 4) is 5.75 Å². The van der Waals surface area contributed by atoms with E-state index in [0.717, 1.165) is 6.07 Å². The van der Waals surface area contributed by atoms with Gasteiger partial charge in [0.05, 0.1) is 6.54 Å². The Balaban J connectivity index is 2.40. The first-order valence-corrected chi connectivity index (χ1v) is 6.72. The van der Waals surface area contributed by atoms with Gasteiger partial charge in [-0.1, -0.05) is 15.9 Å². The Bertz CT molecular complexity index is 489. The molecule has 1 amide bonds. The lowest BCUT2D eigenvalue weighted by Gasteiger charge is -2.19. The van der Waals surface area contributed by atoms with Crippen LogP contribution in [0.1, 0.15) is 20.8 Å². The van der Waals surface area contributed by atoms with E-state index in [0.29, 0.717) is 4.47 Å². The highest BCUT2D eigenvalue weighted by Crippen LogP contribution is 2.25. The molecule has 0 aliphatic heterocycles. The van der Waals surface area contributed by atoms with Gasteiger partial charge in [0.2, 0.25) is 5.82 Å². The molecule has 1 rings (SSSR count). The molecule has 1 aromatic rings.